The molecular formula is C24H20ClN3O. The predicted molar refractivity (Wildman–Crippen MR) is 122 cm³/mol. The molecule has 0 saturated heterocycles. The van der Waals surface area contributed by atoms with Crippen molar-refractivity contribution in [2.75, 3.05) is 5.32 Å². The quantitative estimate of drug-likeness (QED) is 0.260. The molecule has 4 nitrogen and oxygen atoms in total. The summed E-state index contributed by atoms with van der Waals surface area (Å²) in [6.07, 6.45) is 1.72. The molecule has 5 heteroatoms. The second kappa shape index (κ2) is 8.33. The van der Waals surface area contributed by atoms with Crippen molar-refractivity contribution in [3.8, 4) is 0 Å². The SMILES string of the molecule is CC(Nc1cccc(Cl)c1)C(=O)N/N=C/c1c2ccccc2cc2ccccc12. The Hall–Kier alpha value is -3.37. The maximum absolute atomic E-state index is 12.4. The van der Waals surface area contributed by atoms with Crippen LogP contribution in [0.15, 0.2) is 84.0 Å². The van der Waals surface area contributed by atoms with Gasteiger partial charge in [0.1, 0.15) is 6.04 Å². The van der Waals surface area contributed by atoms with Crippen LogP contribution in [0.3, 0.4) is 0 Å². The highest BCUT2D eigenvalue weighted by atomic mass is 35.5. The monoisotopic (exact) mass is 401 g/mol. The molecule has 4 aromatic rings. The molecular weight excluding hydrogens is 382 g/mol. The van der Waals surface area contributed by atoms with E-state index >= 15 is 0 Å². The van der Waals surface area contributed by atoms with Crippen LogP contribution in [-0.4, -0.2) is 18.2 Å². The van der Waals surface area contributed by atoms with Gasteiger partial charge in [0.05, 0.1) is 6.21 Å². The topological polar surface area (TPSA) is 53.5 Å². The van der Waals surface area contributed by atoms with Gasteiger partial charge in [-0.25, -0.2) is 5.43 Å². The van der Waals surface area contributed by atoms with E-state index in [1.807, 2.05) is 36.4 Å². The molecule has 0 spiro atoms. The van der Waals surface area contributed by atoms with E-state index in [4.69, 9.17) is 11.6 Å². The summed E-state index contributed by atoms with van der Waals surface area (Å²) < 4.78 is 0. The van der Waals surface area contributed by atoms with Crippen molar-refractivity contribution in [3.63, 3.8) is 0 Å². The maximum Gasteiger partial charge on any atom is 0.262 e. The maximum atomic E-state index is 12.4. The summed E-state index contributed by atoms with van der Waals surface area (Å²) >= 11 is 5.99. The molecule has 29 heavy (non-hydrogen) atoms. The molecule has 4 rings (SSSR count). The van der Waals surface area contributed by atoms with Gasteiger partial charge in [-0.3, -0.25) is 4.79 Å². The fraction of sp³-hybridized carbons (Fsp3) is 0.0833. The Bertz CT molecular complexity index is 1170. The molecule has 0 aromatic heterocycles. The first-order chi connectivity index (χ1) is 14.1. The Labute approximate surface area is 174 Å². The molecule has 0 bridgehead atoms. The van der Waals surface area contributed by atoms with Crippen LogP contribution in [0.4, 0.5) is 5.69 Å². The normalized spacial score (nSPS) is 12.3. The highest BCUT2D eigenvalue weighted by Crippen LogP contribution is 2.27. The molecule has 0 saturated carbocycles. The van der Waals surface area contributed by atoms with E-state index in [0.717, 1.165) is 32.8 Å². The predicted octanol–water partition coefficient (Wildman–Crippen LogP) is 5.60. The van der Waals surface area contributed by atoms with Gasteiger partial charge in [-0.05, 0) is 52.7 Å². The van der Waals surface area contributed by atoms with Gasteiger partial charge in [0.15, 0.2) is 0 Å². The van der Waals surface area contributed by atoms with Crippen LogP contribution in [0.25, 0.3) is 21.5 Å². The third-order valence-electron chi connectivity index (χ3n) is 4.78. The minimum absolute atomic E-state index is 0.231. The van der Waals surface area contributed by atoms with E-state index in [2.05, 4.69) is 46.2 Å². The standard InChI is InChI=1S/C24H20ClN3O/c1-16(27-20-10-6-9-19(25)14-20)24(29)28-26-15-23-21-11-4-2-7-17(21)13-18-8-3-5-12-22(18)23/h2-16,27H,1H3,(H,28,29)/b26-15+. The Kier molecular flexibility index (Phi) is 5.45. The first kappa shape index (κ1) is 19.0. The van der Waals surface area contributed by atoms with Crippen LogP contribution in [-0.2, 0) is 4.79 Å². The van der Waals surface area contributed by atoms with Gasteiger partial charge in [0.25, 0.3) is 5.91 Å². The van der Waals surface area contributed by atoms with Gasteiger partial charge in [-0.1, -0.05) is 66.2 Å². The van der Waals surface area contributed by atoms with E-state index in [1.54, 1.807) is 25.3 Å². The average molecular weight is 402 g/mol. The lowest BCUT2D eigenvalue weighted by atomic mass is 9.97. The molecule has 1 amide bonds. The number of amides is 1. The molecule has 4 aromatic carbocycles. The lowest BCUT2D eigenvalue weighted by molar-refractivity contribution is -0.121. The summed E-state index contributed by atoms with van der Waals surface area (Å²) in [5.74, 6) is -0.231. The molecule has 144 valence electrons. The molecule has 1 atom stereocenters. The molecule has 0 aliphatic carbocycles. The summed E-state index contributed by atoms with van der Waals surface area (Å²) in [5.41, 5.74) is 4.39. The molecule has 0 radical (unpaired) electrons. The molecule has 0 heterocycles. The number of carbonyl (C=O) groups is 1. The minimum Gasteiger partial charge on any atom is -0.374 e. The number of hydrogen-bond acceptors (Lipinski definition) is 3. The Morgan fingerprint density at radius 2 is 1.59 bits per heavy atom. The fourth-order valence-corrected chi connectivity index (χ4v) is 3.53. The van der Waals surface area contributed by atoms with Gasteiger partial charge in [-0.2, -0.15) is 5.10 Å². The summed E-state index contributed by atoms with van der Waals surface area (Å²) in [5, 5.41) is 12.4. The number of nitrogens with one attached hydrogen (secondary N) is 2. The molecule has 1 unspecified atom stereocenters. The third-order valence-corrected chi connectivity index (χ3v) is 5.02. The zero-order chi connectivity index (χ0) is 20.2. The minimum atomic E-state index is -0.463. The number of rotatable bonds is 5. The zero-order valence-corrected chi connectivity index (χ0v) is 16.6. The number of halogens is 1. The van der Waals surface area contributed by atoms with Crippen molar-refractivity contribution in [1.29, 1.82) is 0 Å². The summed E-state index contributed by atoms with van der Waals surface area (Å²) in [6.45, 7) is 1.78. The molecule has 0 aliphatic rings. The number of nitrogens with zero attached hydrogens (tertiary/aromatic N) is 1. The Morgan fingerprint density at radius 3 is 2.24 bits per heavy atom. The second-order valence-corrected chi connectivity index (χ2v) is 7.28. The van der Waals surface area contributed by atoms with E-state index in [0.29, 0.717) is 5.02 Å². The van der Waals surface area contributed by atoms with Crippen LogP contribution in [0, 0.1) is 0 Å². The second-order valence-electron chi connectivity index (χ2n) is 6.84. The van der Waals surface area contributed by atoms with Crippen LogP contribution in [0.2, 0.25) is 5.02 Å². The summed E-state index contributed by atoms with van der Waals surface area (Å²) in [4.78, 5) is 12.4. The van der Waals surface area contributed by atoms with Crippen molar-refractivity contribution in [2.45, 2.75) is 13.0 Å². The molecule has 0 aliphatic heterocycles. The number of hydrazone groups is 1. The first-order valence-corrected chi connectivity index (χ1v) is 9.75. The molecule has 2 N–H and O–H groups in total. The van der Waals surface area contributed by atoms with Gasteiger partial charge in [0.2, 0.25) is 0 Å². The smallest absolute Gasteiger partial charge is 0.262 e. The third kappa shape index (κ3) is 4.23. The van der Waals surface area contributed by atoms with Crippen LogP contribution >= 0.6 is 11.6 Å². The number of benzene rings is 4. The number of hydrogen-bond donors (Lipinski definition) is 2. The van der Waals surface area contributed by atoms with E-state index in [-0.39, 0.29) is 5.91 Å². The summed E-state index contributed by atoms with van der Waals surface area (Å²) in [6, 6.07) is 25.3. The van der Waals surface area contributed by atoms with Gasteiger partial charge < -0.3 is 5.32 Å². The Morgan fingerprint density at radius 1 is 0.931 bits per heavy atom. The average Bonchev–Trinajstić information content (AvgIpc) is 2.73. The highest BCUT2D eigenvalue weighted by molar-refractivity contribution is 6.30. The number of anilines is 1. The van der Waals surface area contributed by atoms with E-state index in [9.17, 15) is 4.79 Å². The summed E-state index contributed by atoms with van der Waals surface area (Å²) in [7, 11) is 0. The van der Waals surface area contributed by atoms with Crippen molar-refractivity contribution in [3.05, 3.63) is 89.4 Å². The molecule has 0 fully saturated rings. The lowest BCUT2D eigenvalue weighted by Crippen LogP contribution is -2.34. The van der Waals surface area contributed by atoms with Gasteiger partial charge in [-0.15, -0.1) is 0 Å². The number of fused-ring (bicyclic) bond motifs is 2. The highest BCUT2D eigenvalue weighted by Gasteiger charge is 2.12. The van der Waals surface area contributed by atoms with Crippen LogP contribution in [0.5, 0.6) is 0 Å². The zero-order valence-electron chi connectivity index (χ0n) is 15.9. The van der Waals surface area contributed by atoms with Gasteiger partial charge >= 0.3 is 0 Å². The van der Waals surface area contributed by atoms with Crippen molar-refractivity contribution in [2.24, 2.45) is 5.10 Å². The first-order valence-electron chi connectivity index (χ1n) is 9.37. The van der Waals surface area contributed by atoms with Crippen LogP contribution in [0.1, 0.15) is 12.5 Å². The van der Waals surface area contributed by atoms with E-state index in [1.165, 1.54) is 0 Å². The fourth-order valence-electron chi connectivity index (χ4n) is 3.34. The van der Waals surface area contributed by atoms with Crippen molar-refractivity contribution >= 4 is 51.0 Å². The number of carbonyl (C=O) groups excluding carboxylic acids is 1. The van der Waals surface area contributed by atoms with Crippen molar-refractivity contribution < 1.29 is 4.79 Å². The van der Waals surface area contributed by atoms with Crippen molar-refractivity contribution in [1.82, 2.24) is 5.43 Å². The van der Waals surface area contributed by atoms with E-state index < -0.39 is 6.04 Å². The largest absolute Gasteiger partial charge is 0.374 e. The Balaban J connectivity index is 1.55. The van der Waals surface area contributed by atoms with Crippen LogP contribution < -0.4 is 10.7 Å². The van der Waals surface area contributed by atoms with Gasteiger partial charge in [0, 0.05) is 16.3 Å². The lowest BCUT2D eigenvalue weighted by Gasteiger charge is -2.13.